The quantitative estimate of drug-likeness (QED) is 0.182. The molecule has 186 valence electrons. The molecule has 5 nitrogen and oxygen atoms in total. The molecule has 2 aromatic rings. The average molecular weight is 469 g/mol. The van der Waals surface area contributed by atoms with Gasteiger partial charge in [-0.2, -0.15) is 0 Å². The van der Waals surface area contributed by atoms with Crippen LogP contribution < -0.4 is 9.47 Å². The second kappa shape index (κ2) is 15.9. The number of Topliss-reactive ketones (excluding diaryl/α,β-unsaturated/α-hetero) is 1. The van der Waals surface area contributed by atoms with E-state index in [1.807, 2.05) is 36.4 Å². The second-order valence-corrected chi connectivity index (χ2v) is 8.83. The number of benzene rings is 2. The van der Waals surface area contributed by atoms with Crippen LogP contribution in [0.15, 0.2) is 48.5 Å². The molecule has 0 heterocycles. The average Bonchev–Trinajstić information content (AvgIpc) is 2.83. The van der Waals surface area contributed by atoms with E-state index >= 15 is 0 Å². The van der Waals surface area contributed by atoms with Crippen LogP contribution in [0.1, 0.15) is 78.6 Å². The van der Waals surface area contributed by atoms with Crippen molar-refractivity contribution < 1.29 is 23.8 Å². The van der Waals surface area contributed by atoms with E-state index in [9.17, 15) is 9.59 Å². The lowest BCUT2D eigenvalue weighted by Gasteiger charge is -2.14. The molecule has 0 bridgehead atoms. The van der Waals surface area contributed by atoms with Crippen molar-refractivity contribution in [1.82, 2.24) is 0 Å². The zero-order chi connectivity index (χ0) is 24.6. The Morgan fingerprint density at radius 2 is 1.29 bits per heavy atom. The third kappa shape index (κ3) is 11.4. The maximum atomic E-state index is 11.8. The minimum atomic E-state index is -0.353. The Kier molecular flexibility index (Phi) is 12.8. The summed E-state index contributed by atoms with van der Waals surface area (Å²) in [4.78, 5) is 22.7. The third-order valence-corrected chi connectivity index (χ3v) is 5.54. The van der Waals surface area contributed by atoms with Crippen molar-refractivity contribution in [2.45, 2.75) is 84.7 Å². The minimum Gasteiger partial charge on any atom is -0.494 e. The highest BCUT2D eigenvalue weighted by molar-refractivity contribution is 5.76. The van der Waals surface area contributed by atoms with E-state index in [2.05, 4.69) is 19.1 Å². The first-order valence-corrected chi connectivity index (χ1v) is 12.6. The smallest absolute Gasteiger partial charge is 0.306 e. The fourth-order valence-corrected chi connectivity index (χ4v) is 3.57. The van der Waals surface area contributed by atoms with Gasteiger partial charge in [0, 0.05) is 12.8 Å². The molecule has 34 heavy (non-hydrogen) atoms. The lowest BCUT2D eigenvalue weighted by molar-refractivity contribution is -0.149. The van der Waals surface area contributed by atoms with Crippen LogP contribution >= 0.6 is 0 Å². The van der Waals surface area contributed by atoms with Crippen molar-refractivity contribution >= 4 is 11.8 Å². The van der Waals surface area contributed by atoms with Gasteiger partial charge in [0.05, 0.1) is 6.61 Å². The molecule has 2 aromatic carbocycles. The highest BCUT2D eigenvalue weighted by Crippen LogP contribution is 2.25. The van der Waals surface area contributed by atoms with E-state index in [0.717, 1.165) is 35.7 Å². The number of hydrogen-bond donors (Lipinski definition) is 0. The minimum absolute atomic E-state index is 0.0837. The molecule has 0 aliphatic rings. The number of hydrogen-bond acceptors (Lipinski definition) is 5. The zero-order valence-electron chi connectivity index (χ0n) is 21.0. The second-order valence-electron chi connectivity index (χ2n) is 8.83. The van der Waals surface area contributed by atoms with Gasteiger partial charge in [-0.05, 0) is 62.1 Å². The van der Waals surface area contributed by atoms with Crippen molar-refractivity contribution in [3.8, 4) is 22.6 Å². The Bertz CT molecular complexity index is 842. The highest BCUT2D eigenvalue weighted by atomic mass is 16.6. The highest BCUT2D eigenvalue weighted by Gasteiger charge is 2.11. The standard InChI is InChI=1S/C29H40O5/c1-4-5-6-7-8-9-21-32-27-17-13-25(14-18-27)26-15-19-28(20-16-26)33-22-24(3)34-29(31)12-10-11-23(2)30/h13-20,24H,4-12,21-22H2,1-3H3. The summed E-state index contributed by atoms with van der Waals surface area (Å²) in [7, 11) is 0. The molecular weight excluding hydrogens is 428 g/mol. The Morgan fingerprint density at radius 3 is 1.88 bits per heavy atom. The van der Waals surface area contributed by atoms with Crippen molar-refractivity contribution in [1.29, 1.82) is 0 Å². The van der Waals surface area contributed by atoms with Gasteiger partial charge in [0.15, 0.2) is 0 Å². The summed E-state index contributed by atoms with van der Waals surface area (Å²) in [5.41, 5.74) is 2.21. The van der Waals surface area contributed by atoms with Crippen LogP contribution in [0.4, 0.5) is 0 Å². The molecule has 0 saturated heterocycles. The fourth-order valence-electron chi connectivity index (χ4n) is 3.57. The normalized spacial score (nSPS) is 11.6. The van der Waals surface area contributed by atoms with Crippen LogP contribution in [-0.2, 0) is 14.3 Å². The van der Waals surface area contributed by atoms with Crippen LogP contribution in [0, 0.1) is 0 Å². The van der Waals surface area contributed by atoms with Crippen LogP contribution in [0.25, 0.3) is 11.1 Å². The maximum Gasteiger partial charge on any atom is 0.306 e. The summed E-state index contributed by atoms with van der Waals surface area (Å²) in [5.74, 6) is 1.41. The maximum absolute atomic E-state index is 11.8. The predicted molar refractivity (Wildman–Crippen MR) is 136 cm³/mol. The van der Waals surface area contributed by atoms with Crippen LogP contribution in [0.5, 0.6) is 11.5 Å². The fraction of sp³-hybridized carbons (Fsp3) is 0.517. The number of carbonyl (C=O) groups is 2. The summed E-state index contributed by atoms with van der Waals surface area (Å²) >= 11 is 0. The van der Waals surface area contributed by atoms with Gasteiger partial charge in [0.25, 0.3) is 0 Å². The third-order valence-electron chi connectivity index (χ3n) is 5.54. The lowest BCUT2D eigenvalue weighted by Crippen LogP contribution is -2.22. The van der Waals surface area contributed by atoms with Gasteiger partial charge in [0.2, 0.25) is 0 Å². The number of rotatable bonds is 17. The number of carbonyl (C=O) groups excluding carboxylic acids is 2. The summed E-state index contributed by atoms with van der Waals surface area (Å²) in [6, 6.07) is 16.0. The Balaban J connectivity index is 1.70. The molecule has 0 amide bonds. The van der Waals surface area contributed by atoms with Gasteiger partial charge in [-0.1, -0.05) is 63.3 Å². The van der Waals surface area contributed by atoms with Crippen LogP contribution in [0.3, 0.4) is 0 Å². The van der Waals surface area contributed by atoms with Gasteiger partial charge in [0.1, 0.15) is 30.0 Å². The van der Waals surface area contributed by atoms with Crippen molar-refractivity contribution in [2.24, 2.45) is 0 Å². The van der Waals surface area contributed by atoms with E-state index in [-0.39, 0.29) is 30.9 Å². The molecule has 0 aromatic heterocycles. The molecule has 0 saturated carbocycles. The molecule has 0 radical (unpaired) electrons. The first-order chi connectivity index (χ1) is 16.5. The van der Waals surface area contributed by atoms with E-state index in [4.69, 9.17) is 14.2 Å². The summed E-state index contributed by atoms with van der Waals surface area (Å²) in [6.07, 6.45) is 8.38. The molecule has 2 rings (SSSR count). The molecule has 0 N–H and O–H groups in total. The summed E-state index contributed by atoms with van der Waals surface area (Å²) < 4.78 is 16.9. The lowest BCUT2D eigenvalue weighted by atomic mass is 10.1. The van der Waals surface area contributed by atoms with E-state index in [1.54, 1.807) is 6.92 Å². The van der Waals surface area contributed by atoms with E-state index < -0.39 is 0 Å². The van der Waals surface area contributed by atoms with Crippen molar-refractivity contribution in [3.63, 3.8) is 0 Å². The van der Waals surface area contributed by atoms with Gasteiger partial charge >= 0.3 is 5.97 Å². The number of esters is 1. The Labute approximate surface area is 204 Å². The summed E-state index contributed by atoms with van der Waals surface area (Å²) in [6.45, 7) is 6.60. The molecule has 0 spiro atoms. The number of ether oxygens (including phenoxy) is 3. The molecule has 0 aliphatic carbocycles. The molecule has 5 heteroatoms. The number of ketones is 1. The first kappa shape index (κ1) is 27.4. The molecular formula is C29H40O5. The summed E-state index contributed by atoms with van der Waals surface area (Å²) in [5, 5.41) is 0. The predicted octanol–water partition coefficient (Wildman–Crippen LogP) is 7.16. The van der Waals surface area contributed by atoms with Crippen molar-refractivity contribution in [3.05, 3.63) is 48.5 Å². The first-order valence-electron chi connectivity index (χ1n) is 12.6. The van der Waals surface area contributed by atoms with Gasteiger partial charge in [-0.3, -0.25) is 4.79 Å². The topological polar surface area (TPSA) is 61.8 Å². The van der Waals surface area contributed by atoms with Crippen molar-refractivity contribution in [2.75, 3.05) is 13.2 Å². The van der Waals surface area contributed by atoms with E-state index in [0.29, 0.717) is 12.8 Å². The SMILES string of the molecule is CCCCCCCCOc1ccc(-c2ccc(OCC(C)OC(=O)CCCC(C)=O)cc2)cc1. The Morgan fingerprint density at radius 1 is 0.735 bits per heavy atom. The van der Waals surface area contributed by atoms with Gasteiger partial charge in [-0.15, -0.1) is 0 Å². The van der Waals surface area contributed by atoms with E-state index in [1.165, 1.54) is 39.0 Å². The molecule has 1 atom stereocenters. The number of unbranched alkanes of at least 4 members (excludes halogenated alkanes) is 5. The zero-order valence-corrected chi connectivity index (χ0v) is 21.0. The van der Waals surface area contributed by atoms with Crippen LogP contribution in [0.2, 0.25) is 0 Å². The van der Waals surface area contributed by atoms with Gasteiger partial charge < -0.3 is 19.0 Å². The monoisotopic (exact) mass is 468 g/mol. The molecule has 0 aliphatic heterocycles. The largest absolute Gasteiger partial charge is 0.494 e. The molecule has 0 fully saturated rings. The molecule has 1 unspecified atom stereocenters. The van der Waals surface area contributed by atoms with Gasteiger partial charge in [-0.25, -0.2) is 0 Å². The van der Waals surface area contributed by atoms with Crippen LogP contribution in [-0.4, -0.2) is 31.1 Å². The Hall–Kier alpha value is -2.82.